The zero-order valence-corrected chi connectivity index (χ0v) is 8.67. The van der Waals surface area contributed by atoms with Crippen molar-refractivity contribution in [3.63, 3.8) is 0 Å². The summed E-state index contributed by atoms with van der Waals surface area (Å²) < 4.78 is 0. The average molecular weight is 182 g/mol. The Bertz CT molecular complexity index is 226. The Morgan fingerprint density at radius 3 is 2.38 bits per heavy atom. The minimum absolute atomic E-state index is 0.481. The molecule has 1 N–H and O–H groups in total. The fraction of sp³-hybridized carbons (Fsp3) is 0.900. The van der Waals surface area contributed by atoms with Crippen molar-refractivity contribution < 1.29 is 5.11 Å². The maximum Gasteiger partial charge on any atom is 0.103 e. The summed E-state index contributed by atoms with van der Waals surface area (Å²) in [6, 6.07) is 2.23. The third-order valence-electron chi connectivity index (χ3n) is 3.04. The minimum atomic E-state index is -0.525. The number of likely N-dealkylation sites (N-methyl/N-ethyl adjacent to an activating group) is 1. The van der Waals surface area contributed by atoms with Crippen molar-refractivity contribution in [2.75, 3.05) is 13.6 Å². The molecule has 0 bridgehead atoms. The smallest absolute Gasteiger partial charge is 0.103 e. The van der Waals surface area contributed by atoms with E-state index in [1.165, 1.54) is 0 Å². The molecule has 13 heavy (non-hydrogen) atoms. The van der Waals surface area contributed by atoms with Gasteiger partial charge in [-0.1, -0.05) is 0 Å². The van der Waals surface area contributed by atoms with E-state index in [0.717, 1.165) is 19.3 Å². The SMILES string of the molecule is CN(CC1(O)CCC1)C(C)(C)C#N. The summed E-state index contributed by atoms with van der Waals surface area (Å²) in [6.45, 7) is 4.34. The molecule has 3 nitrogen and oxygen atoms in total. The Hall–Kier alpha value is -0.590. The first-order valence-corrected chi connectivity index (χ1v) is 4.74. The second-order valence-electron chi connectivity index (χ2n) is 4.60. The van der Waals surface area contributed by atoms with Gasteiger partial charge in [-0.3, -0.25) is 4.90 Å². The van der Waals surface area contributed by atoms with Gasteiger partial charge in [-0.15, -0.1) is 0 Å². The molecule has 0 spiro atoms. The molecule has 0 aliphatic heterocycles. The highest BCUT2D eigenvalue weighted by molar-refractivity contribution is 5.03. The van der Waals surface area contributed by atoms with Crippen molar-refractivity contribution in [3.05, 3.63) is 0 Å². The third-order valence-corrected chi connectivity index (χ3v) is 3.04. The van der Waals surface area contributed by atoms with Crippen LogP contribution in [0.25, 0.3) is 0 Å². The number of β-amino-alcohol motifs (C(OH)–C–C–N with tert-alkyl or cyclic N) is 1. The molecule has 0 aromatic carbocycles. The van der Waals surface area contributed by atoms with Gasteiger partial charge in [0.15, 0.2) is 0 Å². The van der Waals surface area contributed by atoms with Gasteiger partial charge in [-0.25, -0.2) is 0 Å². The summed E-state index contributed by atoms with van der Waals surface area (Å²) in [5.74, 6) is 0. The molecule has 0 aromatic heterocycles. The van der Waals surface area contributed by atoms with E-state index in [-0.39, 0.29) is 0 Å². The van der Waals surface area contributed by atoms with Crippen LogP contribution in [0.1, 0.15) is 33.1 Å². The van der Waals surface area contributed by atoms with E-state index in [4.69, 9.17) is 5.26 Å². The first-order chi connectivity index (χ1) is 5.90. The Balaban J connectivity index is 2.50. The first kappa shape index (κ1) is 10.5. The van der Waals surface area contributed by atoms with Crippen LogP contribution in [0, 0.1) is 11.3 Å². The van der Waals surface area contributed by atoms with E-state index < -0.39 is 11.1 Å². The van der Waals surface area contributed by atoms with Crippen LogP contribution in [0.5, 0.6) is 0 Å². The van der Waals surface area contributed by atoms with Crippen LogP contribution < -0.4 is 0 Å². The van der Waals surface area contributed by atoms with Crippen LogP contribution in [0.2, 0.25) is 0 Å². The van der Waals surface area contributed by atoms with Crippen molar-refractivity contribution in [3.8, 4) is 6.07 Å². The molecule has 1 fully saturated rings. The van der Waals surface area contributed by atoms with Gasteiger partial charge in [0.05, 0.1) is 11.7 Å². The summed E-state index contributed by atoms with van der Waals surface area (Å²) in [5.41, 5.74) is -1.01. The van der Waals surface area contributed by atoms with Gasteiger partial charge in [-0.05, 0) is 40.2 Å². The molecule has 0 heterocycles. The fourth-order valence-corrected chi connectivity index (χ4v) is 1.47. The summed E-state index contributed by atoms with van der Waals surface area (Å²) in [4.78, 5) is 1.92. The van der Waals surface area contributed by atoms with E-state index in [2.05, 4.69) is 6.07 Å². The summed E-state index contributed by atoms with van der Waals surface area (Å²) in [5, 5.41) is 18.8. The normalized spacial score (nSPS) is 20.9. The number of hydrogen-bond donors (Lipinski definition) is 1. The number of rotatable bonds is 3. The van der Waals surface area contributed by atoms with Gasteiger partial charge in [0.2, 0.25) is 0 Å². The van der Waals surface area contributed by atoms with Crippen LogP contribution >= 0.6 is 0 Å². The highest BCUT2D eigenvalue weighted by atomic mass is 16.3. The summed E-state index contributed by atoms with van der Waals surface area (Å²) in [7, 11) is 1.89. The van der Waals surface area contributed by atoms with Crippen molar-refractivity contribution >= 4 is 0 Å². The number of nitrogens with zero attached hydrogens (tertiary/aromatic N) is 2. The first-order valence-electron chi connectivity index (χ1n) is 4.74. The van der Waals surface area contributed by atoms with Crippen molar-refractivity contribution in [2.45, 2.75) is 44.2 Å². The maximum atomic E-state index is 9.89. The highest BCUT2D eigenvalue weighted by Crippen LogP contribution is 2.33. The monoisotopic (exact) mass is 182 g/mol. The quantitative estimate of drug-likeness (QED) is 0.712. The zero-order valence-electron chi connectivity index (χ0n) is 8.67. The fourth-order valence-electron chi connectivity index (χ4n) is 1.47. The molecule has 0 unspecified atom stereocenters. The molecule has 74 valence electrons. The van der Waals surface area contributed by atoms with E-state index in [1.54, 1.807) is 0 Å². The van der Waals surface area contributed by atoms with Gasteiger partial charge in [0.1, 0.15) is 5.54 Å². The lowest BCUT2D eigenvalue weighted by molar-refractivity contribution is -0.0647. The average Bonchev–Trinajstić information content (AvgIpc) is 2.01. The lowest BCUT2D eigenvalue weighted by atomic mass is 9.79. The number of nitriles is 1. The molecule has 0 saturated heterocycles. The second kappa shape index (κ2) is 3.28. The van der Waals surface area contributed by atoms with Crippen molar-refractivity contribution in [2.24, 2.45) is 0 Å². The van der Waals surface area contributed by atoms with Gasteiger partial charge < -0.3 is 5.11 Å². The Morgan fingerprint density at radius 1 is 1.54 bits per heavy atom. The zero-order chi connectivity index (χ0) is 10.1. The molecule has 0 amide bonds. The van der Waals surface area contributed by atoms with E-state index in [9.17, 15) is 5.11 Å². The van der Waals surface area contributed by atoms with Crippen molar-refractivity contribution in [1.82, 2.24) is 4.90 Å². The van der Waals surface area contributed by atoms with Crippen molar-refractivity contribution in [1.29, 1.82) is 5.26 Å². The molecule has 1 aliphatic rings. The van der Waals surface area contributed by atoms with E-state index in [1.807, 2.05) is 25.8 Å². The molecule has 0 atom stereocenters. The van der Waals surface area contributed by atoms with Crippen LogP contribution in [-0.2, 0) is 0 Å². The maximum absolute atomic E-state index is 9.89. The molecule has 3 heteroatoms. The second-order valence-corrected chi connectivity index (χ2v) is 4.60. The summed E-state index contributed by atoms with van der Waals surface area (Å²) in [6.07, 6.45) is 2.86. The van der Waals surface area contributed by atoms with Gasteiger partial charge >= 0.3 is 0 Å². The standard InChI is InChI=1S/C10H18N2O/c1-9(2,7-11)12(3)8-10(13)5-4-6-10/h13H,4-6,8H2,1-3H3. The van der Waals surface area contributed by atoms with Gasteiger partial charge in [0, 0.05) is 6.54 Å². The highest BCUT2D eigenvalue weighted by Gasteiger charge is 2.38. The largest absolute Gasteiger partial charge is 0.389 e. The molecule has 1 saturated carbocycles. The molecule has 0 radical (unpaired) electrons. The van der Waals surface area contributed by atoms with E-state index >= 15 is 0 Å². The minimum Gasteiger partial charge on any atom is -0.389 e. The number of hydrogen-bond acceptors (Lipinski definition) is 3. The Kier molecular flexibility index (Phi) is 2.65. The van der Waals surface area contributed by atoms with Gasteiger partial charge in [0.25, 0.3) is 0 Å². The molecular formula is C10H18N2O. The third kappa shape index (κ3) is 2.20. The lowest BCUT2D eigenvalue weighted by Gasteiger charge is -2.42. The Labute approximate surface area is 80.0 Å². The molecular weight excluding hydrogens is 164 g/mol. The number of aliphatic hydroxyl groups is 1. The van der Waals surface area contributed by atoms with E-state index in [0.29, 0.717) is 6.54 Å². The lowest BCUT2D eigenvalue weighted by Crippen LogP contribution is -2.52. The Morgan fingerprint density at radius 2 is 2.08 bits per heavy atom. The molecule has 1 aliphatic carbocycles. The van der Waals surface area contributed by atoms with Crippen LogP contribution in [0.4, 0.5) is 0 Å². The van der Waals surface area contributed by atoms with Crippen LogP contribution in [0.3, 0.4) is 0 Å². The molecule has 0 aromatic rings. The predicted molar refractivity (Wildman–Crippen MR) is 51.1 cm³/mol. The molecule has 1 rings (SSSR count). The van der Waals surface area contributed by atoms with Crippen LogP contribution in [-0.4, -0.2) is 34.7 Å². The summed E-state index contributed by atoms with van der Waals surface area (Å²) >= 11 is 0. The predicted octanol–water partition coefficient (Wildman–Crippen LogP) is 1.14. The topological polar surface area (TPSA) is 47.3 Å². The van der Waals surface area contributed by atoms with Gasteiger partial charge in [-0.2, -0.15) is 5.26 Å². The van der Waals surface area contributed by atoms with Crippen LogP contribution in [0.15, 0.2) is 0 Å².